The number of likely N-dealkylation sites (tertiary alicyclic amines) is 1. The van der Waals surface area contributed by atoms with Crippen molar-refractivity contribution in [2.45, 2.75) is 38.5 Å². The summed E-state index contributed by atoms with van der Waals surface area (Å²) in [6.45, 7) is 2.72. The molecule has 9 heteroatoms. The number of alkyl halides is 1. The summed E-state index contributed by atoms with van der Waals surface area (Å²) in [5.41, 5.74) is 3.48. The van der Waals surface area contributed by atoms with E-state index in [0.717, 1.165) is 23.4 Å². The van der Waals surface area contributed by atoms with Crippen LogP contribution in [0.25, 0.3) is 0 Å². The fraction of sp³-hybridized carbons (Fsp3) is 0.348. The number of nitrogens with zero attached hydrogens (tertiary/aromatic N) is 6. The number of hydrogen-bond acceptors (Lipinski definition) is 5. The van der Waals surface area contributed by atoms with E-state index in [2.05, 4.69) is 15.3 Å². The number of carbonyl (C=O) groups excluding carboxylic acids is 2. The van der Waals surface area contributed by atoms with Gasteiger partial charge in [-0.2, -0.15) is 0 Å². The Balaban J connectivity index is 1.31. The van der Waals surface area contributed by atoms with Crippen LogP contribution in [0.5, 0.6) is 0 Å². The molecule has 5 rings (SSSR count). The first-order chi connectivity index (χ1) is 15.5. The van der Waals surface area contributed by atoms with E-state index in [9.17, 15) is 14.0 Å². The average molecular weight is 434 g/mol. The molecule has 0 N–H and O–H groups in total. The summed E-state index contributed by atoms with van der Waals surface area (Å²) in [5, 5.41) is 8.13. The van der Waals surface area contributed by atoms with E-state index in [-0.39, 0.29) is 43.1 Å². The van der Waals surface area contributed by atoms with Crippen LogP contribution in [0.1, 0.15) is 38.5 Å². The maximum Gasteiger partial charge on any atom is 0.280 e. The molecule has 8 nitrogen and oxygen atoms in total. The Bertz CT molecular complexity index is 1180. The molecule has 3 aromatic rings. The van der Waals surface area contributed by atoms with E-state index in [0.29, 0.717) is 12.1 Å². The highest BCUT2D eigenvalue weighted by molar-refractivity contribution is 6.05. The number of fused-ring (bicyclic) bond motifs is 1. The maximum absolute atomic E-state index is 14.2. The Labute approximate surface area is 184 Å². The van der Waals surface area contributed by atoms with E-state index in [1.807, 2.05) is 31.2 Å². The van der Waals surface area contributed by atoms with E-state index in [1.165, 1.54) is 4.68 Å². The first-order valence-corrected chi connectivity index (χ1v) is 10.7. The Kier molecular flexibility index (Phi) is 5.16. The molecule has 4 heterocycles. The van der Waals surface area contributed by atoms with Crippen LogP contribution in [-0.4, -0.2) is 62.0 Å². The standard InChI is InChI=1S/C23H23FN6O2/c1-15-10-17(6-8-25-15)22(31)30-12-18(24)11-19(30)13-28-14-20(26-27-28)23(32)29-9-7-16-4-2-3-5-21(16)29/h2-6,8,10,14,18-19H,7,9,11-13H2,1H3. The van der Waals surface area contributed by atoms with Gasteiger partial charge in [0, 0.05) is 36.1 Å². The zero-order valence-electron chi connectivity index (χ0n) is 17.7. The normalized spacial score (nSPS) is 19.9. The number of carbonyl (C=O) groups is 2. The lowest BCUT2D eigenvalue weighted by Gasteiger charge is -2.24. The fourth-order valence-corrected chi connectivity index (χ4v) is 4.51. The molecule has 0 radical (unpaired) electrons. The summed E-state index contributed by atoms with van der Waals surface area (Å²) in [6.07, 6.45) is 3.08. The van der Waals surface area contributed by atoms with Crippen LogP contribution in [0.2, 0.25) is 0 Å². The van der Waals surface area contributed by atoms with Crippen molar-refractivity contribution in [1.82, 2.24) is 24.9 Å². The Morgan fingerprint density at radius 3 is 2.88 bits per heavy atom. The van der Waals surface area contributed by atoms with Crippen LogP contribution in [0.15, 0.2) is 48.8 Å². The summed E-state index contributed by atoms with van der Waals surface area (Å²) in [4.78, 5) is 33.3. The van der Waals surface area contributed by atoms with Gasteiger partial charge in [-0.05, 0) is 37.1 Å². The molecule has 32 heavy (non-hydrogen) atoms. The van der Waals surface area contributed by atoms with Crippen LogP contribution >= 0.6 is 0 Å². The number of amides is 2. The third-order valence-electron chi connectivity index (χ3n) is 6.06. The molecule has 0 bridgehead atoms. The van der Waals surface area contributed by atoms with Crippen molar-refractivity contribution in [1.29, 1.82) is 0 Å². The highest BCUT2D eigenvalue weighted by Crippen LogP contribution is 2.29. The van der Waals surface area contributed by atoms with Crippen molar-refractivity contribution < 1.29 is 14.0 Å². The SMILES string of the molecule is Cc1cc(C(=O)N2CC(F)CC2Cn2cc(C(=O)N3CCc4ccccc43)nn2)ccn1. The quantitative estimate of drug-likeness (QED) is 0.630. The Hall–Kier alpha value is -3.62. The van der Waals surface area contributed by atoms with Crippen molar-refractivity contribution in [3.05, 3.63) is 71.3 Å². The van der Waals surface area contributed by atoms with Gasteiger partial charge in [0.05, 0.1) is 25.3 Å². The number of aromatic nitrogens is 4. The third kappa shape index (κ3) is 3.74. The summed E-state index contributed by atoms with van der Waals surface area (Å²) in [6, 6.07) is 10.8. The molecule has 164 valence electrons. The third-order valence-corrected chi connectivity index (χ3v) is 6.06. The Morgan fingerprint density at radius 2 is 2.03 bits per heavy atom. The Morgan fingerprint density at radius 1 is 1.19 bits per heavy atom. The zero-order valence-corrected chi connectivity index (χ0v) is 17.7. The minimum atomic E-state index is -1.10. The predicted octanol–water partition coefficient (Wildman–Crippen LogP) is 2.44. The minimum absolute atomic E-state index is 0.0376. The van der Waals surface area contributed by atoms with Crippen LogP contribution in [0.4, 0.5) is 10.1 Å². The second-order valence-electron chi connectivity index (χ2n) is 8.29. The summed E-state index contributed by atoms with van der Waals surface area (Å²) < 4.78 is 15.8. The smallest absolute Gasteiger partial charge is 0.280 e. The number of hydrogen-bond donors (Lipinski definition) is 0. The van der Waals surface area contributed by atoms with Gasteiger partial charge in [-0.3, -0.25) is 14.6 Å². The van der Waals surface area contributed by atoms with Gasteiger partial charge < -0.3 is 9.80 Å². The van der Waals surface area contributed by atoms with Gasteiger partial charge >= 0.3 is 0 Å². The lowest BCUT2D eigenvalue weighted by molar-refractivity contribution is 0.0714. The largest absolute Gasteiger partial charge is 0.331 e. The molecule has 0 saturated carbocycles. The molecule has 0 aliphatic carbocycles. The van der Waals surface area contributed by atoms with E-state index < -0.39 is 6.17 Å². The van der Waals surface area contributed by atoms with Crippen LogP contribution in [0, 0.1) is 6.92 Å². The van der Waals surface area contributed by atoms with E-state index in [1.54, 1.807) is 34.3 Å². The number of para-hydroxylation sites is 1. The molecular weight excluding hydrogens is 411 g/mol. The zero-order chi connectivity index (χ0) is 22.2. The van der Waals surface area contributed by atoms with Gasteiger partial charge in [0.1, 0.15) is 6.17 Å². The van der Waals surface area contributed by atoms with Gasteiger partial charge in [0.25, 0.3) is 11.8 Å². The number of pyridine rings is 1. The first kappa shape index (κ1) is 20.3. The van der Waals surface area contributed by atoms with Crippen molar-refractivity contribution in [2.24, 2.45) is 0 Å². The lowest BCUT2D eigenvalue weighted by atomic mass is 10.1. The summed E-state index contributed by atoms with van der Waals surface area (Å²) in [5.74, 6) is -0.443. The molecule has 2 unspecified atom stereocenters. The van der Waals surface area contributed by atoms with Crippen molar-refractivity contribution in [3.8, 4) is 0 Å². The second kappa shape index (κ2) is 8.14. The van der Waals surface area contributed by atoms with Gasteiger partial charge in [-0.25, -0.2) is 9.07 Å². The van der Waals surface area contributed by atoms with E-state index in [4.69, 9.17) is 0 Å². The number of rotatable bonds is 4. The van der Waals surface area contributed by atoms with Gasteiger partial charge in [-0.15, -0.1) is 5.10 Å². The number of benzene rings is 1. The molecule has 2 aliphatic rings. The molecule has 2 amide bonds. The van der Waals surface area contributed by atoms with Gasteiger partial charge in [-0.1, -0.05) is 23.4 Å². The van der Waals surface area contributed by atoms with Crippen LogP contribution < -0.4 is 4.90 Å². The van der Waals surface area contributed by atoms with Crippen LogP contribution in [-0.2, 0) is 13.0 Å². The highest BCUT2D eigenvalue weighted by Gasteiger charge is 2.36. The van der Waals surface area contributed by atoms with Crippen molar-refractivity contribution >= 4 is 17.5 Å². The number of aryl methyl sites for hydroxylation is 1. The van der Waals surface area contributed by atoms with Crippen LogP contribution in [0.3, 0.4) is 0 Å². The molecule has 1 aromatic carbocycles. The monoisotopic (exact) mass is 434 g/mol. The number of anilines is 1. The molecule has 2 atom stereocenters. The van der Waals surface area contributed by atoms with E-state index >= 15 is 0 Å². The fourth-order valence-electron chi connectivity index (χ4n) is 4.51. The molecule has 2 aromatic heterocycles. The van der Waals surface area contributed by atoms with Crippen molar-refractivity contribution in [3.63, 3.8) is 0 Å². The molecule has 0 spiro atoms. The predicted molar refractivity (Wildman–Crippen MR) is 115 cm³/mol. The summed E-state index contributed by atoms with van der Waals surface area (Å²) >= 11 is 0. The van der Waals surface area contributed by atoms with Gasteiger partial charge in [0.15, 0.2) is 5.69 Å². The maximum atomic E-state index is 14.2. The average Bonchev–Trinajstić information content (AvgIpc) is 3.51. The van der Waals surface area contributed by atoms with Gasteiger partial charge in [0.2, 0.25) is 0 Å². The molecule has 1 fully saturated rings. The highest BCUT2D eigenvalue weighted by atomic mass is 19.1. The molecule has 1 saturated heterocycles. The second-order valence-corrected chi connectivity index (χ2v) is 8.29. The summed E-state index contributed by atoms with van der Waals surface area (Å²) in [7, 11) is 0. The lowest BCUT2D eigenvalue weighted by Crippen LogP contribution is -2.38. The topological polar surface area (TPSA) is 84.2 Å². The first-order valence-electron chi connectivity index (χ1n) is 10.7. The van der Waals surface area contributed by atoms with Crippen molar-refractivity contribution in [2.75, 3.05) is 18.0 Å². The molecule has 2 aliphatic heterocycles. The minimum Gasteiger partial charge on any atom is -0.331 e. The number of halogens is 1. The molecular formula is C23H23FN6O2.